The second kappa shape index (κ2) is 14.2. The molecule has 0 fully saturated rings. The molecule has 0 bridgehead atoms. The Balaban J connectivity index is 1.63. The Morgan fingerprint density at radius 3 is 1.91 bits per heavy atom. The van der Waals surface area contributed by atoms with Gasteiger partial charge in [0.05, 0.1) is 19.3 Å². The van der Waals surface area contributed by atoms with Crippen LogP contribution in [0.25, 0.3) is 0 Å². The van der Waals surface area contributed by atoms with Crippen LogP contribution in [0.3, 0.4) is 0 Å². The number of hydrogen-bond acceptors (Lipinski definition) is 3. The number of nitrogens with one attached hydrogen (secondary N) is 1. The van der Waals surface area contributed by atoms with Crippen LogP contribution in [-0.4, -0.2) is 62.2 Å². The number of likely N-dealkylation sites (N-methyl/N-ethyl adjacent to an activating group) is 1. The molecule has 3 aromatic rings. The number of hydrogen-bond donors (Lipinski definition) is 1. The highest BCUT2D eigenvalue weighted by atomic mass is 16.5. The number of carbonyl (C=O) groups excluding carboxylic acids is 1. The summed E-state index contributed by atoms with van der Waals surface area (Å²) in [6, 6.07) is 30.5. The van der Waals surface area contributed by atoms with Gasteiger partial charge in [-0.05, 0) is 43.6 Å². The Bertz CT molecular complexity index is 949. The smallest absolute Gasteiger partial charge is 0.317 e. The average molecular weight is 460 g/mol. The fraction of sp³-hybridized carbons (Fsp3) is 0.345. The minimum absolute atomic E-state index is 0.0398. The third-order valence-corrected chi connectivity index (χ3v) is 5.70. The number of urea groups is 1. The zero-order valence-corrected chi connectivity index (χ0v) is 20.4. The largest absolute Gasteiger partial charge is 0.375 e. The van der Waals surface area contributed by atoms with Crippen LogP contribution in [0.5, 0.6) is 0 Å². The molecule has 0 heterocycles. The average Bonchev–Trinajstić information content (AvgIpc) is 2.85. The lowest BCUT2D eigenvalue weighted by atomic mass is 10.1. The van der Waals surface area contributed by atoms with Crippen molar-refractivity contribution in [1.82, 2.24) is 15.1 Å². The SMILES string of the molecule is CN(C)CCN(CCc1ccccc1)C(=O)N[C@H](COCc1ccccc1)Cc1ccccc1. The van der Waals surface area contributed by atoms with Gasteiger partial charge in [-0.3, -0.25) is 0 Å². The van der Waals surface area contributed by atoms with E-state index in [4.69, 9.17) is 4.74 Å². The van der Waals surface area contributed by atoms with Gasteiger partial charge in [-0.15, -0.1) is 0 Å². The van der Waals surface area contributed by atoms with Gasteiger partial charge >= 0.3 is 6.03 Å². The van der Waals surface area contributed by atoms with Crippen molar-refractivity contribution in [1.29, 1.82) is 0 Å². The molecule has 2 amide bonds. The number of amides is 2. The summed E-state index contributed by atoms with van der Waals surface area (Å²) in [4.78, 5) is 17.4. The zero-order chi connectivity index (χ0) is 24.0. The second-order valence-corrected chi connectivity index (χ2v) is 8.86. The molecule has 3 rings (SSSR count). The van der Waals surface area contributed by atoms with Crippen molar-refractivity contribution in [2.45, 2.75) is 25.5 Å². The molecule has 0 spiro atoms. The quantitative estimate of drug-likeness (QED) is 0.405. The molecule has 0 aliphatic rings. The molecule has 0 aromatic heterocycles. The van der Waals surface area contributed by atoms with E-state index >= 15 is 0 Å². The number of carbonyl (C=O) groups is 1. The molecule has 0 aliphatic carbocycles. The van der Waals surface area contributed by atoms with Gasteiger partial charge in [0.1, 0.15) is 0 Å². The number of benzene rings is 3. The molecule has 0 saturated heterocycles. The lowest BCUT2D eigenvalue weighted by Gasteiger charge is -2.28. The summed E-state index contributed by atoms with van der Waals surface area (Å²) in [5.74, 6) is 0. The second-order valence-electron chi connectivity index (χ2n) is 8.86. The standard InChI is InChI=1S/C29H37N3O2/c1-31(2)20-21-32(19-18-25-12-6-3-7-13-25)29(33)30-28(22-26-14-8-4-9-15-26)24-34-23-27-16-10-5-11-17-27/h3-17,28H,18-24H2,1-2H3,(H,30,33)/t28-/m0/s1. The summed E-state index contributed by atoms with van der Waals surface area (Å²) in [5, 5.41) is 3.26. The van der Waals surface area contributed by atoms with E-state index in [-0.39, 0.29) is 12.1 Å². The molecule has 0 unspecified atom stereocenters. The van der Waals surface area contributed by atoms with E-state index in [0.717, 1.165) is 24.9 Å². The molecular weight excluding hydrogens is 422 g/mol. The highest BCUT2D eigenvalue weighted by molar-refractivity contribution is 5.74. The Labute approximate surface area is 204 Å². The van der Waals surface area contributed by atoms with E-state index in [0.29, 0.717) is 26.3 Å². The predicted molar refractivity (Wildman–Crippen MR) is 139 cm³/mol. The van der Waals surface area contributed by atoms with Gasteiger partial charge in [0.2, 0.25) is 0 Å². The number of nitrogens with zero attached hydrogens (tertiary/aromatic N) is 2. The van der Waals surface area contributed by atoms with Gasteiger partial charge in [0, 0.05) is 19.6 Å². The van der Waals surface area contributed by atoms with Crippen molar-refractivity contribution in [3.63, 3.8) is 0 Å². The summed E-state index contributed by atoms with van der Waals surface area (Å²) >= 11 is 0. The Morgan fingerprint density at radius 1 is 0.765 bits per heavy atom. The maximum atomic E-state index is 13.4. The fourth-order valence-corrected chi connectivity index (χ4v) is 3.75. The molecule has 1 N–H and O–H groups in total. The Kier molecular flexibility index (Phi) is 10.6. The van der Waals surface area contributed by atoms with Gasteiger partial charge in [-0.2, -0.15) is 0 Å². The first-order chi connectivity index (χ1) is 16.6. The topological polar surface area (TPSA) is 44.8 Å². The van der Waals surface area contributed by atoms with E-state index in [9.17, 15) is 4.79 Å². The van der Waals surface area contributed by atoms with E-state index in [1.54, 1.807) is 0 Å². The van der Waals surface area contributed by atoms with Crippen molar-refractivity contribution in [2.75, 3.05) is 40.3 Å². The van der Waals surface area contributed by atoms with E-state index in [1.165, 1.54) is 11.1 Å². The highest BCUT2D eigenvalue weighted by Gasteiger charge is 2.19. The summed E-state index contributed by atoms with van der Waals surface area (Å²) in [6.07, 6.45) is 1.55. The fourth-order valence-electron chi connectivity index (χ4n) is 3.75. The van der Waals surface area contributed by atoms with Crippen LogP contribution in [0.1, 0.15) is 16.7 Å². The maximum absolute atomic E-state index is 13.4. The number of ether oxygens (including phenoxy) is 1. The molecule has 0 aliphatic heterocycles. The Morgan fingerprint density at radius 2 is 1.32 bits per heavy atom. The van der Waals surface area contributed by atoms with Crippen LogP contribution in [-0.2, 0) is 24.2 Å². The maximum Gasteiger partial charge on any atom is 0.317 e. The minimum atomic E-state index is -0.114. The normalized spacial score (nSPS) is 11.9. The van der Waals surface area contributed by atoms with Crippen LogP contribution in [0, 0.1) is 0 Å². The first-order valence-electron chi connectivity index (χ1n) is 12.0. The summed E-state index contributed by atoms with van der Waals surface area (Å²) in [5.41, 5.74) is 3.54. The van der Waals surface area contributed by atoms with E-state index in [2.05, 4.69) is 46.6 Å². The monoisotopic (exact) mass is 459 g/mol. The highest BCUT2D eigenvalue weighted by Crippen LogP contribution is 2.08. The van der Waals surface area contributed by atoms with Crippen LogP contribution < -0.4 is 5.32 Å². The van der Waals surface area contributed by atoms with Crippen LogP contribution >= 0.6 is 0 Å². The number of rotatable bonds is 13. The molecule has 5 heteroatoms. The van der Waals surface area contributed by atoms with E-state index < -0.39 is 0 Å². The molecule has 3 aromatic carbocycles. The minimum Gasteiger partial charge on any atom is -0.375 e. The molecular formula is C29H37N3O2. The van der Waals surface area contributed by atoms with Gasteiger partial charge in [-0.1, -0.05) is 91.0 Å². The van der Waals surface area contributed by atoms with Crippen LogP contribution in [0.15, 0.2) is 91.0 Å². The van der Waals surface area contributed by atoms with Gasteiger partial charge in [-0.25, -0.2) is 4.79 Å². The first kappa shape index (κ1) is 25.5. The Hall–Kier alpha value is -3.15. The molecule has 34 heavy (non-hydrogen) atoms. The van der Waals surface area contributed by atoms with Crippen LogP contribution in [0.4, 0.5) is 4.79 Å². The van der Waals surface area contributed by atoms with Gasteiger partial charge in [0.15, 0.2) is 0 Å². The molecule has 0 radical (unpaired) electrons. The third-order valence-electron chi connectivity index (χ3n) is 5.70. The van der Waals surface area contributed by atoms with Crippen molar-refractivity contribution < 1.29 is 9.53 Å². The van der Waals surface area contributed by atoms with Crippen molar-refractivity contribution in [3.8, 4) is 0 Å². The van der Waals surface area contributed by atoms with Crippen LogP contribution in [0.2, 0.25) is 0 Å². The molecule has 180 valence electrons. The predicted octanol–water partition coefficient (Wildman–Crippen LogP) is 4.63. The van der Waals surface area contributed by atoms with Crippen molar-refractivity contribution in [3.05, 3.63) is 108 Å². The van der Waals surface area contributed by atoms with Crippen molar-refractivity contribution in [2.24, 2.45) is 0 Å². The molecule has 1 atom stereocenters. The van der Waals surface area contributed by atoms with Crippen molar-refractivity contribution >= 4 is 6.03 Å². The van der Waals surface area contributed by atoms with E-state index in [1.807, 2.05) is 73.6 Å². The summed E-state index contributed by atoms with van der Waals surface area (Å²) in [7, 11) is 4.06. The summed E-state index contributed by atoms with van der Waals surface area (Å²) < 4.78 is 6.02. The zero-order valence-electron chi connectivity index (χ0n) is 20.4. The third kappa shape index (κ3) is 9.38. The lowest BCUT2D eigenvalue weighted by molar-refractivity contribution is 0.0972. The molecule has 0 saturated carbocycles. The summed E-state index contributed by atoms with van der Waals surface area (Å²) in [6.45, 7) is 3.15. The lowest BCUT2D eigenvalue weighted by Crippen LogP contribution is -2.49. The first-order valence-corrected chi connectivity index (χ1v) is 12.0. The van der Waals surface area contributed by atoms with Gasteiger partial charge < -0.3 is 19.9 Å². The van der Waals surface area contributed by atoms with Gasteiger partial charge in [0.25, 0.3) is 0 Å². The molecule has 5 nitrogen and oxygen atoms in total.